The van der Waals surface area contributed by atoms with Gasteiger partial charge in [0.25, 0.3) is 0 Å². The molecule has 0 amide bonds. The molecule has 0 fully saturated rings. The van der Waals surface area contributed by atoms with E-state index in [0.29, 0.717) is 17.4 Å². The normalized spacial score (nSPS) is 13.4. The van der Waals surface area contributed by atoms with Crippen LogP contribution in [-0.4, -0.2) is 74.9 Å². The van der Waals surface area contributed by atoms with Crippen LogP contribution in [0.25, 0.3) is 0 Å². The number of rotatable bonds is 46. The number of nitrogens with zero attached hydrogens (tertiary/aromatic N) is 1. The van der Waals surface area contributed by atoms with E-state index in [1.165, 1.54) is 180 Å². The number of hydrogen-bond donors (Lipinski definition) is 1. The van der Waals surface area contributed by atoms with Gasteiger partial charge >= 0.3 is 19.8 Å². The van der Waals surface area contributed by atoms with Gasteiger partial charge in [0.15, 0.2) is 6.10 Å². The lowest BCUT2D eigenvalue weighted by molar-refractivity contribution is -0.870. The van der Waals surface area contributed by atoms with E-state index in [0.717, 1.165) is 38.5 Å². The number of esters is 2. The number of unbranched alkanes of at least 4 members (excludes halogenated alkanes) is 32. The first-order chi connectivity index (χ1) is 28.0. The van der Waals surface area contributed by atoms with Crippen molar-refractivity contribution in [3.05, 3.63) is 0 Å². The van der Waals surface area contributed by atoms with Crippen LogP contribution in [-0.2, 0) is 32.7 Å². The maximum atomic E-state index is 12.7. The quantitative estimate of drug-likeness (QED) is 0.0279. The third kappa shape index (κ3) is 44.6. The zero-order valence-electron chi connectivity index (χ0n) is 39.1. The van der Waals surface area contributed by atoms with Crippen molar-refractivity contribution in [1.29, 1.82) is 0 Å². The topological polar surface area (TPSA) is 108 Å². The van der Waals surface area contributed by atoms with E-state index >= 15 is 0 Å². The maximum absolute atomic E-state index is 12.7. The molecule has 346 valence electrons. The van der Waals surface area contributed by atoms with E-state index in [1.54, 1.807) is 0 Å². The van der Waals surface area contributed by atoms with Crippen LogP contribution in [0.3, 0.4) is 0 Å². The highest BCUT2D eigenvalue weighted by molar-refractivity contribution is 7.47. The van der Waals surface area contributed by atoms with Gasteiger partial charge in [-0.25, -0.2) is 4.57 Å². The second-order valence-electron chi connectivity index (χ2n) is 18.2. The molecule has 1 unspecified atom stereocenters. The molecular weight excluding hydrogens is 750 g/mol. The molecule has 10 heteroatoms. The first kappa shape index (κ1) is 57.0. The predicted molar refractivity (Wildman–Crippen MR) is 243 cm³/mol. The van der Waals surface area contributed by atoms with Gasteiger partial charge in [-0.15, -0.1) is 0 Å². The average Bonchev–Trinajstić information content (AvgIpc) is 3.17. The molecule has 1 N–H and O–H groups in total. The highest BCUT2D eigenvalue weighted by Gasteiger charge is 2.27. The summed E-state index contributed by atoms with van der Waals surface area (Å²) in [5.74, 6) is -0.780. The minimum atomic E-state index is -4.37. The molecule has 0 radical (unpaired) electrons. The van der Waals surface area contributed by atoms with Crippen LogP contribution in [0.2, 0.25) is 0 Å². The average molecular weight is 847 g/mol. The number of likely N-dealkylation sites (N-methyl/N-ethyl adjacent to an activating group) is 1. The SMILES string of the molecule is CCCCCCCCCCCCCCCCCCCCCCCC(=O)OC[C@@H](COP(=O)(O)OCC[N+](C)(C)C)OC(=O)CCCCCCCCCCCCCCC. The molecule has 9 nitrogen and oxygen atoms in total. The van der Waals surface area contributed by atoms with Crippen molar-refractivity contribution in [2.75, 3.05) is 47.5 Å². The van der Waals surface area contributed by atoms with Gasteiger partial charge in [-0.3, -0.25) is 18.6 Å². The van der Waals surface area contributed by atoms with Crippen molar-refractivity contribution in [2.24, 2.45) is 0 Å². The molecule has 0 aromatic heterocycles. The molecule has 0 aromatic rings. The van der Waals surface area contributed by atoms with Crippen molar-refractivity contribution in [3.63, 3.8) is 0 Å². The molecule has 0 aliphatic heterocycles. The highest BCUT2D eigenvalue weighted by atomic mass is 31.2. The number of carbonyl (C=O) groups is 2. The molecule has 0 aliphatic rings. The van der Waals surface area contributed by atoms with Gasteiger partial charge in [0.05, 0.1) is 27.7 Å². The fourth-order valence-electron chi connectivity index (χ4n) is 7.25. The van der Waals surface area contributed by atoms with Crippen LogP contribution in [0.1, 0.15) is 245 Å². The Labute approximate surface area is 359 Å². The Hall–Kier alpha value is -0.990. The summed E-state index contributed by atoms with van der Waals surface area (Å²) >= 11 is 0. The summed E-state index contributed by atoms with van der Waals surface area (Å²) in [4.78, 5) is 35.4. The van der Waals surface area contributed by atoms with E-state index in [1.807, 2.05) is 21.1 Å². The Morgan fingerprint density at radius 3 is 1.10 bits per heavy atom. The summed E-state index contributed by atoms with van der Waals surface area (Å²) in [6, 6.07) is 0. The molecule has 0 bridgehead atoms. The molecule has 0 saturated heterocycles. The lowest BCUT2D eigenvalue weighted by Crippen LogP contribution is -2.37. The zero-order chi connectivity index (χ0) is 42.8. The third-order valence-electron chi connectivity index (χ3n) is 11.1. The molecule has 0 spiro atoms. The van der Waals surface area contributed by atoms with Crippen molar-refractivity contribution >= 4 is 19.8 Å². The van der Waals surface area contributed by atoms with Crippen molar-refractivity contribution in [3.8, 4) is 0 Å². The minimum Gasteiger partial charge on any atom is -0.462 e. The lowest BCUT2D eigenvalue weighted by atomic mass is 10.0. The largest absolute Gasteiger partial charge is 0.472 e. The Morgan fingerprint density at radius 2 is 0.776 bits per heavy atom. The summed E-state index contributed by atoms with van der Waals surface area (Å²) in [6.07, 6.45) is 42.9. The van der Waals surface area contributed by atoms with Crippen LogP contribution in [0.4, 0.5) is 0 Å². The van der Waals surface area contributed by atoms with E-state index < -0.39 is 26.5 Å². The van der Waals surface area contributed by atoms with Gasteiger partial charge in [-0.05, 0) is 12.8 Å². The van der Waals surface area contributed by atoms with Crippen LogP contribution in [0.15, 0.2) is 0 Å². The molecular formula is C48H97NO8P+. The van der Waals surface area contributed by atoms with Crippen LogP contribution in [0.5, 0.6) is 0 Å². The molecule has 0 saturated carbocycles. The Balaban J connectivity index is 4.17. The van der Waals surface area contributed by atoms with Crippen molar-refractivity contribution < 1.29 is 42.1 Å². The summed E-state index contributed by atoms with van der Waals surface area (Å²) in [7, 11) is 1.50. The molecule has 0 aromatic carbocycles. The maximum Gasteiger partial charge on any atom is 0.472 e. The first-order valence-electron chi connectivity index (χ1n) is 24.8. The standard InChI is InChI=1S/C48H96NO8P/c1-6-8-10-12-14-16-18-20-21-22-23-24-25-26-27-29-30-32-34-36-38-40-47(50)54-44-46(45-56-58(52,53)55-43-42-49(3,4)5)57-48(51)41-39-37-35-33-31-28-19-17-15-13-11-9-7-2/h46H,6-45H2,1-5H3/p+1/t46-/m0/s1. The predicted octanol–water partition coefficient (Wildman–Crippen LogP) is 14.4. The number of ether oxygens (including phenoxy) is 2. The molecule has 0 heterocycles. The Kier molecular flexibility index (Phi) is 40.7. The first-order valence-corrected chi connectivity index (χ1v) is 26.3. The Morgan fingerprint density at radius 1 is 0.466 bits per heavy atom. The monoisotopic (exact) mass is 847 g/mol. The molecule has 58 heavy (non-hydrogen) atoms. The third-order valence-corrected chi connectivity index (χ3v) is 12.1. The van der Waals surface area contributed by atoms with Gasteiger partial charge in [-0.1, -0.05) is 219 Å². The summed E-state index contributed by atoms with van der Waals surface area (Å²) in [5, 5.41) is 0. The van der Waals surface area contributed by atoms with Crippen molar-refractivity contribution in [1.82, 2.24) is 0 Å². The van der Waals surface area contributed by atoms with E-state index in [9.17, 15) is 19.0 Å². The molecule has 0 rings (SSSR count). The zero-order valence-corrected chi connectivity index (χ0v) is 40.0. The summed E-state index contributed by atoms with van der Waals surface area (Å²) < 4.78 is 34.4. The second kappa shape index (κ2) is 41.4. The summed E-state index contributed by atoms with van der Waals surface area (Å²) in [6.45, 7) is 4.47. The smallest absolute Gasteiger partial charge is 0.462 e. The van der Waals surface area contributed by atoms with E-state index in [-0.39, 0.29) is 25.6 Å². The fourth-order valence-corrected chi connectivity index (χ4v) is 7.99. The van der Waals surface area contributed by atoms with E-state index in [2.05, 4.69) is 13.8 Å². The van der Waals surface area contributed by atoms with E-state index in [4.69, 9.17) is 18.5 Å². The van der Waals surface area contributed by atoms with Gasteiger partial charge in [0, 0.05) is 12.8 Å². The number of phosphoric ester groups is 1. The molecule has 0 aliphatic carbocycles. The lowest BCUT2D eigenvalue weighted by Gasteiger charge is -2.24. The summed E-state index contributed by atoms with van der Waals surface area (Å²) in [5.41, 5.74) is 0. The van der Waals surface area contributed by atoms with Gasteiger partial charge in [0.2, 0.25) is 0 Å². The number of phosphoric acid groups is 1. The van der Waals surface area contributed by atoms with Gasteiger partial charge in [0.1, 0.15) is 19.8 Å². The van der Waals surface area contributed by atoms with Crippen molar-refractivity contribution in [2.45, 2.75) is 251 Å². The van der Waals surface area contributed by atoms with Gasteiger partial charge < -0.3 is 18.9 Å². The van der Waals surface area contributed by atoms with Crippen LogP contribution >= 0.6 is 7.82 Å². The number of carbonyl (C=O) groups excluding carboxylic acids is 2. The van der Waals surface area contributed by atoms with Gasteiger partial charge in [-0.2, -0.15) is 0 Å². The second-order valence-corrected chi connectivity index (χ2v) is 19.7. The highest BCUT2D eigenvalue weighted by Crippen LogP contribution is 2.43. The fraction of sp³-hybridized carbons (Fsp3) is 0.958. The van der Waals surface area contributed by atoms with Crippen LogP contribution < -0.4 is 0 Å². The van der Waals surface area contributed by atoms with Crippen LogP contribution in [0, 0.1) is 0 Å². The Bertz CT molecular complexity index is 958. The number of quaternary nitrogens is 1. The minimum absolute atomic E-state index is 0.0370. The number of hydrogen-bond acceptors (Lipinski definition) is 7. The molecule has 2 atom stereocenters.